The number of aliphatic carboxylic acids is 1. The second-order valence-corrected chi connectivity index (χ2v) is 11.1. The van der Waals surface area contributed by atoms with Crippen molar-refractivity contribution in [3.8, 4) is 5.75 Å². The van der Waals surface area contributed by atoms with Gasteiger partial charge in [-0.25, -0.2) is 4.57 Å². The lowest BCUT2D eigenvalue weighted by atomic mass is 10.1. The zero-order valence-electron chi connectivity index (χ0n) is 20.2. The van der Waals surface area contributed by atoms with Gasteiger partial charge in [0.15, 0.2) is 0 Å². The monoisotopic (exact) mass is 508 g/mol. The van der Waals surface area contributed by atoms with Crippen LogP contribution in [0.15, 0.2) is 24.3 Å². The predicted octanol–water partition coefficient (Wildman–Crippen LogP) is 5.52. The van der Waals surface area contributed by atoms with E-state index in [9.17, 15) is 14.3 Å². The number of unbranched alkanes of at least 4 members (excludes halogenated alkanes) is 4. The van der Waals surface area contributed by atoms with Crippen LogP contribution in [0.5, 0.6) is 5.75 Å². The lowest BCUT2D eigenvalue weighted by Crippen LogP contribution is -2.42. The third kappa shape index (κ3) is 15.4. The van der Waals surface area contributed by atoms with E-state index in [-0.39, 0.29) is 25.7 Å². The number of rotatable bonds is 18. The SMILES string of the molecule is CCC(CCCCCCCOP(=O)(O)O[C@H](CC(=O)O)C[N+](C)(C)C)Oc1ccc(Cl)cc1. The number of quaternary nitrogens is 1. The molecule has 1 rings (SSSR count). The Morgan fingerprint density at radius 3 is 2.24 bits per heavy atom. The van der Waals surface area contributed by atoms with Gasteiger partial charge in [0.25, 0.3) is 0 Å². The Hall–Kier alpha value is -1.15. The van der Waals surface area contributed by atoms with Gasteiger partial charge in [-0.15, -0.1) is 0 Å². The van der Waals surface area contributed by atoms with Gasteiger partial charge in [-0.3, -0.25) is 13.8 Å². The molecule has 0 aliphatic heterocycles. The lowest BCUT2D eigenvalue weighted by molar-refractivity contribution is -0.873. The smallest absolute Gasteiger partial charge is 0.472 e. The molecule has 10 heteroatoms. The molecule has 0 bridgehead atoms. The molecule has 0 saturated heterocycles. The Labute approximate surface area is 203 Å². The molecule has 0 radical (unpaired) electrons. The number of halogens is 1. The van der Waals surface area contributed by atoms with Gasteiger partial charge < -0.3 is 19.2 Å². The molecule has 0 fully saturated rings. The van der Waals surface area contributed by atoms with Crippen molar-refractivity contribution in [1.29, 1.82) is 0 Å². The maximum atomic E-state index is 12.2. The Morgan fingerprint density at radius 2 is 1.67 bits per heavy atom. The molecule has 190 valence electrons. The Bertz CT molecular complexity index is 739. The molecule has 1 aromatic rings. The molecule has 2 N–H and O–H groups in total. The lowest BCUT2D eigenvalue weighted by Gasteiger charge is -2.29. The van der Waals surface area contributed by atoms with E-state index < -0.39 is 19.9 Å². The molecule has 1 aromatic carbocycles. The summed E-state index contributed by atoms with van der Waals surface area (Å²) < 4.78 is 28.8. The predicted molar refractivity (Wildman–Crippen MR) is 130 cm³/mol. The Morgan fingerprint density at radius 1 is 1.06 bits per heavy atom. The molecule has 8 nitrogen and oxygen atoms in total. The molecule has 0 amide bonds. The number of carbonyl (C=O) groups is 1. The van der Waals surface area contributed by atoms with Crippen LogP contribution in [0.2, 0.25) is 5.02 Å². The van der Waals surface area contributed by atoms with Crippen LogP contribution in [0, 0.1) is 0 Å². The molecule has 0 spiro atoms. The van der Waals surface area contributed by atoms with Crippen LogP contribution < -0.4 is 4.74 Å². The summed E-state index contributed by atoms with van der Waals surface area (Å²) in [6, 6.07) is 7.39. The zero-order chi connectivity index (χ0) is 24.9. The molecular formula is C23H40ClNO7P+. The number of phosphoric ester groups is 1. The van der Waals surface area contributed by atoms with Gasteiger partial charge in [0.1, 0.15) is 18.4 Å². The van der Waals surface area contributed by atoms with Crippen molar-refractivity contribution in [1.82, 2.24) is 0 Å². The molecule has 3 atom stereocenters. The molecule has 0 saturated carbocycles. The van der Waals surface area contributed by atoms with E-state index in [2.05, 4.69) is 6.92 Å². The topological polar surface area (TPSA) is 102 Å². The Kier molecular flexibility index (Phi) is 13.6. The summed E-state index contributed by atoms with van der Waals surface area (Å²) in [5.74, 6) is -0.261. The maximum absolute atomic E-state index is 12.2. The van der Waals surface area contributed by atoms with E-state index in [0.29, 0.717) is 15.9 Å². The minimum atomic E-state index is -4.30. The number of phosphoric acid groups is 1. The highest BCUT2D eigenvalue weighted by Gasteiger charge is 2.31. The van der Waals surface area contributed by atoms with Crippen LogP contribution in [0.25, 0.3) is 0 Å². The van der Waals surface area contributed by atoms with Crippen LogP contribution in [0.1, 0.15) is 58.3 Å². The maximum Gasteiger partial charge on any atom is 0.472 e. The number of carboxylic acids is 1. The highest BCUT2D eigenvalue weighted by molar-refractivity contribution is 7.47. The fraction of sp³-hybridized carbons (Fsp3) is 0.696. The van der Waals surface area contributed by atoms with E-state index in [4.69, 9.17) is 30.5 Å². The van der Waals surface area contributed by atoms with Crippen molar-refractivity contribution in [2.24, 2.45) is 0 Å². The van der Waals surface area contributed by atoms with Gasteiger partial charge in [-0.05, 0) is 49.9 Å². The molecule has 33 heavy (non-hydrogen) atoms. The van der Waals surface area contributed by atoms with Crippen molar-refractivity contribution in [3.63, 3.8) is 0 Å². The summed E-state index contributed by atoms with van der Waals surface area (Å²) >= 11 is 5.90. The molecule has 2 unspecified atom stereocenters. The number of hydrogen-bond acceptors (Lipinski definition) is 5. The first kappa shape index (κ1) is 29.9. The summed E-state index contributed by atoms with van der Waals surface area (Å²) in [6.07, 6.45) is 5.36. The molecule has 0 aromatic heterocycles. The van der Waals surface area contributed by atoms with Crippen LogP contribution in [-0.2, 0) is 18.4 Å². The quantitative estimate of drug-likeness (QED) is 0.153. The van der Waals surface area contributed by atoms with Crippen molar-refractivity contribution in [2.45, 2.75) is 70.5 Å². The van der Waals surface area contributed by atoms with Gasteiger partial charge in [0.2, 0.25) is 0 Å². The first-order valence-electron chi connectivity index (χ1n) is 11.5. The average molecular weight is 509 g/mol. The van der Waals surface area contributed by atoms with E-state index in [1.54, 1.807) is 0 Å². The zero-order valence-corrected chi connectivity index (χ0v) is 21.9. The van der Waals surface area contributed by atoms with Crippen LogP contribution in [-0.4, -0.2) is 67.0 Å². The number of carboxylic acid groups (broad SMARTS) is 1. The second kappa shape index (κ2) is 15.0. The second-order valence-electron chi connectivity index (χ2n) is 9.26. The van der Waals surface area contributed by atoms with E-state index in [1.807, 2.05) is 45.4 Å². The van der Waals surface area contributed by atoms with E-state index in [1.165, 1.54) is 0 Å². The average Bonchev–Trinajstić information content (AvgIpc) is 2.68. The van der Waals surface area contributed by atoms with Gasteiger partial charge in [-0.1, -0.05) is 37.8 Å². The van der Waals surface area contributed by atoms with E-state index >= 15 is 0 Å². The van der Waals surface area contributed by atoms with Gasteiger partial charge in [0.05, 0.1) is 40.3 Å². The highest BCUT2D eigenvalue weighted by atomic mass is 35.5. The number of ether oxygens (including phenoxy) is 1. The summed E-state index contributed by atoms with van der Waals surface area (Å²) in [5, 5.41) is 9.70. The van der Waals surface area contributed by atoms with Crippen molar-refractivity contribution in [2.75, 3.05) is 34.3 Å². The van der Waals surface area contributed by atoms with Crippen molar-refractivity contribution in [3.05, 3.63) is 29.3 Å². The summed E-state index contributed by atoms with van der Waals surface area (Å²) in [4.78, 5) is 21.0. The van der Waals surface area contributed by atoms with Crippen LogP contribution >= 0.6 is 19.4 Å². The van der Waals surface area contributed by atoms with Crippen molar-refractivity contribution < 1.29 is 37.6 Å². The van der Waals surface area contributed by atoms with Crippen molar-refractivity contribution >= 4 is 25.4 Å². The first-order chi connectivity index (χ1) is 15.4. The van der Waals surface area contributed by atoms with Gasteiger partial charge in [0, 0.05) is 5.02 Å². The van der Waals surface area contributed by atoms with Gasteiger partial charge in [-0.2, -0.15) is 0 Å². The third-order valence-electron chi connectivity index (χ3n) is 4.93. The first-order valence-corrected chi connectivity index (χ1v) is 13.4. The van der Waals surface area contributed by atoms with Gasteiger partial charge >= 0.3 is 13.8 Å². The molecular weight excluding hydrogens is 469 g/mol. The standard InChI is InChI=1S/C23H39ClNO7P/c1-5-20(31-21-14-12-19(24)13-15-21)11-9-7-6-8-10-16-30-33(28,29)32-22(17-23(26)27)18-25(2,3)4/h12-15,20,22H,5-11,16-18H2,1-4H3,(H-,26,27,28,29)/p+1/t20?,22-/m1/s1. The number of nitrogens with zero attached hydrogens (tertiary/aromatic N) is 1. The minimum absolute atomic E-state index is 0.0925. The Balaban J connectivity index is 2.22. The molecule has 0 aliphatic carbocycles. The summed E-state index contributed by atoms with van der Waals surface area (Å²) in [6.45, 7) is 2.48. The summed E-state index contributed by atoms with van der Waals surface area (Å²) in [5.41, 5.74) is 0. The fourth-order valence-electron chi connectivity index (χ4n) is 3.40. The third-order valence-corrected chi connectivity index (χ3v) is 6.26. The fourth-order valence-corrected chi connectivity index (χ4v) is 4.46. The molecule has 0 aliphatic rings. The number of benzene rings is 1. The van der Waals surface area contributed by atoms with Crippen LogP contribution in [0.4, 0.5) is 0 Å². The normalized spacial score (nSPS) is 15.6. The minimum Gasteiger partial charge on any atom is -0.490 e. The number of likely N-dealkylation sites (N-methyl/N-ethyl adjacent to an activating group) is 1. The highest BCUT2D eigenvalue weighted by Crippen LogP contribution is 2.45. The van der Waals surface area contributed by atoms with Crippen LogP contribution in [0.3, 0.4) is 0 Å². The summed E-state index contributed by atoms with van der Waals surface area (Å²) in [7, 11) is 1.26. The molecule has 0 heterocycles. The largest absolute Gasteiger partial charge is 0.490 e. The number of hydrogen-bond donors (Lipinski definition) is 2. The van der Waals surface area contributed by atoms with E-state index in [0.717, 1.165) is 44.3 Å².